The van der Waals surface area contributed by atoms with E-state index in [1.54, 1.807) is 12.2 Å². The van der Waals surface area contributed by atoms with Crippen LogP contribution in [0.3, 0.4) is 0 Å². The Labute approximate surface area is 170 Å². The van der Waals surface area contributed by atoms with Crippen LogP contribution in [0.2, 0.25) is 5.15 Å². The first-order valence-electron chi connectivity index (χ1n) is 8.86. The lowest BCUT2D eigenvalue weighted by Gasteiger charge is -2.11. The molecule has 2 rings (SSSR count). The van der Waals surface area contributed by atoms with E-state index < -0.39 is 0 Å². The van der Waals surface area contributed by atoms with Crippen LogP contribution in [-0.2, 0) is 4.74 Å². The van der Waals surface area contributed by atoms with Crippen LogP contribution in [-0.4, -0.2) is 4.98 Å². The van der Waals surface area contributed by atoms with Crippen LogP contribution in [0.1, 0.15) is 37.4 Å². The molecule has 0 spiro atoms. The van der Waals surface area contributed by atoms with Gasteiger partial charge < -0.3 is 10.2 Å². The lowest BCUT2D eigenvalue weighted by molar-refractivity contribution is 0.291. The van der Waals surface area contributed by atoms with Gasteiger partial charge in [0.1, 0.15) is 28.3 Å². The zero-order valence-corrected chi connectivity index (χ0v) is 16.5. The largest absolute Gasteiger partial charge is 0.467 e. The number of rotatable bonds is 6. The van der Waals surface area contributed by atoms with Gasteiger partial charge in [-0.2, -0.15) is 5.26 Å². The topological polar surface area (TPSA) is 84.0 Å². The maximum absolute atomic E-state index is 9.48. The second-order valence-corrected chi connectivity index (χ2v) is 6.37. The van der Waals surface area contributed by atoms with Gasteiger partial charge in [0, 0.05) is 18.1 Å². The first-order chi connectivity index (χ1) is 13.6. The summed E-state index contributed by atoms with van der Waals surface area (Å²) in [6, 6.07) is 3.60. The molecule has 0 atom stereocenters. The number of nitrogens with zero attached hydrogens (tertiary/aromatic N) is 2. The third kappa shape index (κ3) is 5.98. The van der Waals surface area contributed by atoms with E-state index in [4.69, 9.17) is 22.2 Å². The first kappa shape index (κ1) is 21.2. The Morgan fingerprint density at radius 2 is 2.18 bits per heavy atom. The van der Waals surface area contributed by atoms with Gasteiger partial charge in [-0.3, -0.25) is 5.84 Å². The number of hydrazine groups is 1. The molecule has 0 aliphatic heterocycles. The summed E-state index contributed by atoms with van der Waals surface area (Å²) in [5.74, 6) is 7.13. The fourth-order valence-corrected chi connectivity index (χ4v) is 2.79. The molecule has 0 radical (unpaired) electrons. The van der Waals surface area contributed by atoms with E-state index in [0.717, 1.165) is 30.8 Å². The first-order valence-corrected chi connectivity index (χ1v) is 9.24. The summed E-state index contributed by atoms with van der Waals surface area (Å²) in [5, 5.41) is 9.71. The molecule has 1 heterocycles. The average Bonchev–Trinajstić information content (AvgIpc) is 2.82. The van der Waals surface area contributed by atoms with E-state index in [1.165, 1.54) is 6.07 Å². The molecule has 0 saturated heterocycles. The maximum atomic E-state index is 9.48. The summed E-state index contributed by atoms with van der Waals surface area (Å²) in [7, 11) is 0. The van der Waals surface area contributed by atoms with Crippen LogP contribution < -0.4 is 11.3 Å². The third-order valence-electron chi connectivity index (χ3n) is 3.96. The molecular formula is C22H23ClN4O. The number of nitrogen functional groups attached to an aromatic ring is 1. The molecule has 5 nitrogen and oxygen atoms in total. The molecule has 0 aromatic carbocycles. The van der Waals surface area contributed by atoms with Gasteiger partial charge in [-0.15, -0.1) is 0 Å². The number of ether oxygens (including phenoxy) is 1. The maximum Gasteiger partial charge on any atom is 0.131 e. The van der Waals surface area contributed by atoms with Crippen molar-refractivity contribution in [2.45, 2.75) is 26.2 Å². The van der Waals surface area contributed by atoms with Gasteiger partial charge in [-0.1, -0.05) is 48.6 Å². The fourth-order valence-electron chi connectivity index (χ4n) is 2.59. The van der Waals surface area contributed by atoms with E-state index >= 15 is 0 Å². The summed E-state index contributed by atoms with van der Waals surface area (Å²) in [5.41, 5.74) is 4.20. The van der Waals surface area contributed by atoms with Crippen molar-refractivity contribution >= 4 is 22.9 Å². The number of anilines is 1. The van der Waals surface area contributed by atoms with Gasteiger partial charge in [0.2, 0.25) is 0 Å². The van der Waals surface area contributed by atoms with Crippen LogP contribution in [0.15, 0.2) is 72.8 Å². The Balaban J connectivity index is 2.28. The molecule has 1 aromatic rings. The second-order valence-electron chi connectivity index (χ2n) is 5.98. The van der Waals surface area contributed by atoms with Gasteiger partial charge in [-0.05, 0) is 38.0 Å². The zero-order valence-electron chi connectivity index (χ0n) is 15.8. The van der Waals surface area contributed by atoms with Crippen molar-refractivity contribution < 1.29 is 4.74 Å². The highest BCUT2D eigenvalue weighted by molar-refractivity contribution is 6.29. The highest BCUT2D eigenvalue weighted by Gasteiger charge is 2.13. The minimum Gasteiger partial charge on any atom is -0.467 e. The van der Waals surface area contributed by atoms with Crippen LogP contribution in [0.4, 0.5) is 5.69 Å². The summed E-state index contributed by atoms with van der Waals surface area (Å²) in [6.07, 6.45) is 18.2. The molecule has 6 heteroatoms. The number of nitrogens with one attached hydrogen (secondary N) is 1. The molecule has 0 amide bonds. The summed E-state index contributed by atoms with van der Waals surface area (Å²) in [6.45, 7) is 5.69. The SMILES string of the molecule is C=C/C(=C\C=C(/C)O/C1=C/CC=C/C=C\CC1)c1nc(Cl)cc(NN)c1C#N. The van der Waals surface area contributed by atoms with E-state index in [-0.39, 0.29) is 5.15 Å². The normalized spacial score (nSPS) is 18.0. The number of nitriles is 1. The molecule has 28 heavy (non-hydrogen) atoms. The molecule has 0 fully saturated rings. The molecule has 0 saturated carbocycles. The lowest BCUT2D eigenvalue weighted by Crippen LogP contribution is -2.10. The predicted molar refractivity (Wildman–Crippen MR) is 115 cm³/mol. The quantitative estimate of drug-likeness (QED) is 0.217. The molecule has 1 aromatic heterocycles. The number of halogens is 1. The summed E-state index contributed by atoms with van der Waals surface area (Å²) >= 11 is 6.06. The van der Waals surface area contributed by atoms with Gasteiger partial charge in [0.05, 0.1) is 11.4 Å². The Morgan fingerprint density at radius 3 is 2.89 bits per heavy atom. The smallest absolute Gasteiger partial charge is 0.131 e. The molecule has 1 aliphatic carbocycles. The predicted octanol–water partition coefficient (Wildman–Crippen LogP) is 5.56. The number of hydrogen-bond donors (Lipinski definition) is 2. The Kier molecular flexibility index (Phi) is 8.29. The van der Waals surface area contributed by atoms with E-state index in [0.29, 0.717) is 22.5 Å². The number of aromatic nitrogens is 1. The third-order valence-corrected chi connectivity index (χ3v) is 4.15. The van der Waals surface area contributed by atoms with Crippen molar-refractivity contribution in [3.8, 4) is 6.07 Å². The number of nitrogens with two attached hydrogens (primary N) is 1. The number of hydrogen-bond acceptors (Lipinski definition) is 5. The van der Waals surface area contributed by atoms with Crippen molar-refractivity contribution in [3.63, 3.8) is 0 Å². The molecule has 0 bridgehead atoms. The van der Waals surface area contributed by atoms with Crippen LogP contribution in [0.5, 0.6) is 0 Å². The van der Waals surface area contributed by atoms with Gasteiger partial charge in [0.25, 0.3) is 0 Å². The molecular weight excluding hydrogens is 372 g/mol. The number of allylic oxidation sites excluding steroid dienone is 11. The Morgan fingerprint density at radius 1 is 1.39 bits per heavy atom. The van der Waals surface area contributed by atoms with Crippen LogP contribution in [0.25, 0.3) is 5.57 Å². The minimum absolute atomic E-state index is 0.225. The van der Waals surface area contributed by atoms with E-state index in [2.05, 4.69) is 41.3 Å². The molecule has 1 aliphatic rings. The van der Waals surface area contributed by atoms with Gasteiger partial charge in [0.15, 0.2) is 0 Å². The second kappa shape index (κ2) is 10.9. The summed E-state index contributed by atoms with van der Waals surface area (Å²) in [4.78, 5) is 4.26. The van der Waals surface area contributed by atoms with Gasteiger partial charge >= 0.3 is 0 Å². The van der Waals surface area contributed by atoms with Crippen LogP contribution in [0, 0.1) is 11.3 Å². The van der Waals surface area contributed by atoms with Crippen LogP contribution >= 0.6 is 11.6 Å². The summed E-state index contributed by atoms with van der Waals surface area (Å²) < 4.78 is 5.97. The highest BCUT2D eigenvalue weighted by atomic mass is 35.5. The van der Waals surface area contributed by atoms with Crippen molar-refractivity contribution in [2.24, 2.45) is 5.84 Å². The zero-order chi connectivity index (χ0) is 20.4. The molecule has 3 N–H and O–H groups in total. The Hall–Kier alpha value is -3.07. The monoisotopic (exact) mass is 394 g/mol. The molecule has 0 unspecified atom stereocenters. The standard InChI is InChI=1S/C22H23ClN4O/c1-3-17(22-19(15-24)20(27-25)14-21(23)26-22)13-12-16(2)28-18-10-8-6-4-5-7-9-11-18/h3-7,10,12-14H,1,8-9,11,25H2,2H3,(H,26,27)/b6-4?,7-5-,16-12+,17-13+,18-10+. The molecule has 144 valence electrons. The average molecular weight is 395 g/mol. The van der Waals surface area contributed by atoms with Crippen molar-refractivity contribution in [1.82, 2.24) is 4.98 Å². The van der Waals surface area contributed by atoms with Crippen molar-refractivity contribution in [2.75, 3.05) is 5.43 Å². The minimum atomic E-state index is 0.225. The fraction of sp³-hybridized carbons (Fsp3) is 0.182. The Bertz CT molecular complexity index is 917. The number of pyridine rings is 1. The van der Waals surface area contributed by atoms with Gasteiger partial charge in [-0.25, -0.2) is 4.98 Å². The van der Waals surface area contributed by atoms with E-state index in [9.17, 15) is 5.26 Å². The van der Waals surface area contributed by atoms with E-state index in [1.807, 2.05) is 25.2 Å². The van der Waals surface area contributed by atoms with Crippen molar-refractivity contribution in [1.29, 1.82) is 5.26 Å². The lowest BCUT2D eigenvalue weighted by atomic mass is 10.0. The highest BCUT2D eigenvalue weighted by Crippen LogP contribution is 2.27. The van der Waals surface area contributed by atoms with Crippen molar-refractivity contribution in [3.05, 3.63) is 89.2 Å².